The van der Waals surface area contributed by atoms with Gasteiger partial charge in [-0.05, 0) is 25.1 Å². The van der Waals surface area contributed by atoms with Gasteiger partial charge < -0.3 is 15.4 Å². The van der Waals surface area contributed by atoms with Crippen molar-refractivity contribution in [3.8, 4) is 5.75 Å². The van der Waals surface area contributed by atoms with Crippen LogP contribution in [0, 0.1) is 6.92 Å². The van der Waals surface area contributed by atoms with Crippen molar-refractivity contribution in [1.82, 2.24) is 10.2 Å². The number of aromatic nitrogens is 2. The molecule has 0 fully saturated rings. The zero-order chi connectivity index (χ0) is 14.5. The fraction of sp³-hybridized carbons (Fsp3) is 0.286. The number of carbonyl (C=O) groups is 1. The van der Waals surface area contributed by atoms with E-state index in [9.17, 15) is 4.79 Å². The molecule has 6 nitrogen and oxygen atoms in total. The first-order valence-electron chi connectivity index (χ1n) is 6.28. The highest BCUT2D eigenvalue weighted by molar-refractivity contribution is 5.89. The number of benzene rings is 1. The van der Waals surface area contributed by atoms with Crippen LogP contribution >= 0.6 is 0 Å². The van der Waals surface area contributed by atoms with Crippen LogP contribution in [0.3, 0.4) is 0 Å². The van der Waals surface area contributed by atoms with Crippen LogP contribution in [0.15, 0.2) is 24.4 Å². The molecular formula is C14H18N4O2. The average Bonchev–Trinajstić information content (AvgIpc) is 2.81. The molecule has 106 valence electrons. The number of anilines is 2. The number of aryl methyl sites for hydroxylation is 1. The van der Waals surface area contributed by atoms with E-state index < -0.39 is 0 Å². The van der Waals surface area contributed by atoms with E-state index in [-0.39, 0.29) is 5.91 Å². The number of hydrogen-bond acceptors (Lipinski definition) is 4. The fourth-order valence-electron chi connectivity index (χ4n) is 1.87. The van der Waals surface area contributed by atoms with E-state index in [1.54, 1.807) is 19.4 Å². The van der Waals surface area contributed by atoms with Crippen LogP contribution in [0.2, 0.25) is 0 Å². The fourth-order valence-corrected chi connectivity index (χ4v) is 1.87. The van der Waals surface area contributed by atoms with Crippen LogP contribution in [0.5, 0.6) is 5.75 Å². The Morgan fingerprint density at radius 1 is 1.45 bits per heavy atom. The molecule has 0 atom stereocenters. The lowest BCUT2D eigenvalue weighted by atomic mass is 10.2. The lowest BCUT2D eigenvalue weighted by Gasteiger charge is -2.13. The largest absolute Gasteiger partial charge is 0.495 e. The zero-order valence-electron chi connectivity index (χ0n) is 11.8. The molecule has 1 heterocycles. The van der Waals surface area contributed by atoms with Gasteiger partial charge in [-0.2, -0.15) is 5.10 Å². The second-order valence-corrected chi connectivity index (χ2v) is 4.47. The maximum Gasteiger partial charge on any atom is 0.221 e. The lowest BCUT2D eigenvalue weighted by molar-refractivity contribution is -0.114. The van der Waals surface area contributed by atoms with Gasteiger partial charge in [0.1, 0.15) is 5.75 Å². The second-order valence-electron chi connectivity index (χ2n) is 4.47. The van der Waals surface area contributed by atoms with Crippen molar-refractivity contribution >= 4 is 17.3 Å². The number of carbonyl (C=O) groups excluding carboxylic acids is 1. The van der Waals surface area contributed by atoms with Crippen molar-refractivity contribution in [2.24, 2.45) is 0 Å². The number of aromatic amines is 1. The summed E-state index contributed by atoms with van der Waals surface area (Å²) >= 11 is 0. The predicted octanol–water partition coefficient (Wildman–Crippen LogP) is 2.30. The molecule has 0 radical (unpaired) electrons. The van der Waals surface area contributed by atoms with Gasteiger partial charge in [-0.25, -0.2) is 0 Å². The summed E-state index contributed by atoms with van der Waals surface area (Å²) in [6.07, 6.45) is 1.78. The van der Waals surface area contributed by atoms with Crippen LogP contribution in [-0.4, -0.2) is 23.2 Å². The Hall–Kier alpha value is -2.50. The number of nitrogens with zero attached hydrogens (tertiary/aromatic N) is 1. The van der Waals surface area contributed by atoms with Crippen LogP contribution in [0.25, 0.3) is 0 Å². The minimum atomic E-state index is -0.105. The van der Waals surface area contributed by atoms with Gasteiger partial charge in [-0.3, -0.25) is 9.89 Å². The average molecular weight is 274 g/mol. The molecule has 0 bridgehead atoms. The summed E-state index contributed by atoms with van der Waals surface area (Å²) < 4.78 is 5.31. The lowest BCUT2D eigenvalue weighted by Crippen LogP contribution is -2.07. The maximum absolute atomic E-state index is 11.1. The summed E-state index contributed by atoms with van der Waals surface area (Å²) in [5.74, 6) is 0.618. The number of rotatable bonds is 5. The van der Waals surface area contributed by atoms with E-state index in [0.717, 1.165) is 28.4 Å². The second kappa shape index (κ2) is 6.10. The molecule has 0 aliphatic heterocycles. The summed E-state index contributed by atoms with van der Waals surface area (Å²) in [5.41, 5.74) is 3.65. The SMILES string of the molecule is COc1ccc(NC(C)=O)cc1NCc1cn[nH]c1C. The Kier molecular flexibility index (Phi) is 4.24. The molecule has 0 aliphatic rings. The number of nitrogens with one attached hydrogen (secondary N) is 3. The van der Waals surface area contributed by atoms with Gasteiger partial charge in [0.25, 0.3) is 0 Å². The van der Waals surface area contributed by atoms with E-state index in [1.807, 2.05) is 19.1 Å². The molecule has 2 rings (SSSR count). The summed E-state index contributed by atoms with van der Waals surface area (Å²) in [7, 11) is 1.61. The van der Waals surface area contributed by atoms with Crippen LogP contribution in [0.4, 0.5) is 11.4 Å². The summed E-state index contributed by atoms with van der Waals surface area (Å²) in [4.78, 5) is 11.1. The van der Waals surface area contributed by atoms with Crippen LogP contribution in [0.1, 0.15) is 18.2 Å². The standard InChI is InChI=1S/C14H18N4O2/c1-9-11(8-16-18-9)7-15-13-6-12(17-10(2)19)4-5-14(13)20-3/h4-6,8,15H,7H2,1-3H3,(H,16,18)(H,17,19). The van der Waals surface area contributed by atoms with Crippen LogP contribution < -0.4 is 15.4 Å². The molecule has 6 heteroatoms. The highest BCUT2D eigenvalue weighted by Crippen LogP contribution is 2.28. The van der Waals surface area contributed by atoms with Crippen molar-refractivity contribution in [2.45, 2.75) is 20.4 Å². The van der Waals surface area contributed by atoms with Crippen molar-refractivity contribution in [2.75, 3.05) is 17.7 Å². The topological polar surface area (TPSA) is 79.0 Å². The van der Waals surface area contributed by atoms with E-state index in [0.29, 0.717) is 6.54 Å². The smallest absolute Gasteiger partial charge is 0.221 e. The molecule has 0 aliphatic carbocycles. The number of methoxy groups -OCH3 is 1. The maximum atomic E-state index is 11.1. The Bertz CT molecular complexity index is 607. The van der Waals surface area contributed by atoms with Gasteiger partial charge in [-0.1, -0.05) is 0 Å². The first kappa shape index (κ1) is 13.9. The molecule has 3 N–H and O–H groups in total. The molecule has 1 aromatic carbocycles. The minimum Gasteiger partial charge on any atom is -0.495 e. The predicted molar refractivity (Wildman–Crippen MR) is 77.9 cm³/mol. The third-order valence-electron chi connectivity index (χ3n) is 2.92. The first-order chi connectivity index (χ1) is 9.60. The third kappa shape index (κ3) is 3.28. The summed E-state index contributed by atoms with van der Waals surface area (Å²) in [6.45, 7) is 4.07. The molecule has 20 heavy (non-hydrogen) atoms. The van der Waals surface area contributed by atoms with Gasteiger partial charge in [0.15, 0.2) is 0 Å². The monoisotopic (exact) mass is 274 g/mol. The summed E-state index contributed by atoms with van der Waals surface area (Å²) in [5, 5.41) is 12.9. The van der Waals surface area contributed by atoms with Crippen molar-refractivity contribution in [3.05, 3.63) is 35.7 Å². The molecule has 0 saturated carbocycles. The van der Waals surface area contributed by atoms with E-state index >= 15 is 0 Å². The number of amides is 1. The van der Waals surface area contributed by atoms with Gasteiger partial charge in [-0.15, -0.1) is 0 Å². The van der Waals surface area contributed by atoms with Crippen molar-refractivity contribution in [1.29, 1.82) is 0 Å². The first-order valence-corrected chi connectivity index (χ1v) is 6.28. The normalized spacial score (nSPS) is 10.2. The van der Waals surface area contributed by atoms with Crippen LogP contribution in [-0.2, 0) is 11.3 Å². The molecule has 0 unspecified atom stereocenters. The van der Waals surface area contributed by atoms with Gasteiger partial charge >= 0.3 is 0 Å². The highest BCUT2D eigenvalue weighted by Gasteiger charge is 2.07. The minimum absolute atomic E-state index is 0.105. The Morgan fingerprint density at radius 3 is 2.85 bits per heavy atom. The molecule has 0 spiro atoms. The number of H-pyrrole nitrogens is 1. The van der Waals surface area contributed by atoms with Gasteiger partial charge in [0.05, 0.1) is 19.0 Å². The summed E-state index contributed by atoms with van der Waals surface area (Å²) in [6, 6.07) is 5.46. The van der Waals surface area contributed by atoms with Crippen molar-refractivity contribution < 1.29 is 9.53 Å². The Morgan fingerprint density at radius 2 is 2.25 bits per heavy atom. The molecule has 0 saturated heterocycles. The Balaban J connectivity index is 2.15. The van der Waals surface area contributed by atoms with E-state index in [4.69, 9.17) is 4.74 Å². The van der Waals surface area contributed by atoms with Gasteiger partial charge in [0.2, 0.25) is 5.91 Å². The highest BCUT2D eigenvalue weighted by atomic mass is 16.5. The number of hydrogen-bond donors (Lipinski definition) is 3. The Labute approximate surface area is 117 Å². The third-order valence-corrected chi connectivity index (χ3v) is 2.92. The van der Waals surface area contributed by atoms with E-state index in [1.165, 1.54) is 6.92 Å². The van der Waals surface area contributed by atoms with E-state index in [2.05, 4.69) is 20.8 Å². The molecule has 1 aromatic heterocycles. The molecule has 2 aromatic rings. The number of ether oxygens (including phenoxy) is 1. The quantitative estimate of drug-likeness (QED) is 0.781. The molecule has 1 amide bonds. The zero-order valence-corrected chi connectivity index (χ0v) is 11.8. The van der Waals surface area contributed by atoms with Crippen molar-refractivity contribution in [3.63, 3.8) is 0 Å². The molecular weight excluding hydrogens is 256 g/mol. The van der Waals surface area contributed by atoms with Gasteiger partial charge in [0, 0.05) is 30.4 Å².